The summed E-state index contributed by atoms with van der Waals surface area (Å²) in [6.45, 7) is 5.32. The first-order chi connectivity index (χ1) is 21.6. The van der Waals surface area contributed by atoms with Crippen molar-refractivity contribution < 1.29 is 14.0 Å². The number of aromatic nitrogens is 3. The summed E-state index contributed by atoms with van der Waals surface area (Å²) in [5.41, 5.74) is 11.0. The van der Waals surface area contributed by atoms with Crippen molar-refractivity contribution in [3.05, 3.63) is 100 Å². The fraction of sp³-hybridized carbons (Fsp3) is 0.257. The fourth-order valence-corrected chi connectivity index (χ4v) is 6.10. The zero-order chi connectivity index (χ0) is 31.8. The number of likely N-dealkylation sites (tertiary alicyclic amines) is 1. The molecule has 230 valence electrons. The summed E-state index contributed by atoms with van der Waals surface area (Å²) >= 11 is 0. The Balaban J connectivity index is 1.25. The van der Waals surface area contributed by atoms with Gasteiger partial charge in [-0.05, 0) is 77.4 Å². The molecule has 0 unspecified atom stereocenters. The largest absolute Gasteiger partial charge is 0.382 e. The molecular weight excluding hydrogens is 571 g/mol. The number of halogens is 1. The summed E-state index contributed by atoms with van der Waals surface area (Å²) in [4.78, 5) is 40.9. The van der Waals surface area contributed by atoms with Crippen molar-refractivity contribution in [2.45, 2.75) is 32.6 Å². The number of fused-ring (bicyclic) bond motifs is 1. The zero-order valence-corrected chi connectivity index (χ0v) is 25.4. The third-order valence-corrected chi connectivity index (χ3v) is 8.49. The number of nitrogens with two attached hydrogens (primary N) is 1. The second kappa shape index (κ2) is 12.0. The molecule has 0 atom stereocenters. The number of carbonyl (C=O) groups excluding carboxylic acids is 2. The minimum absolute atomic E-state index is 0.0119. The normalized spacial score (nSPS) is 13.8. The number of nitrogen functional groups attached to an aromatic ring is 1. The van der Waals surface area contributed by atoms with Gasteiger partial charge in [0.25, 0.3) is 5.91 Å². The van der Waals surface area contributed by atoms with E-state index in [0.29, 0.717) is 28.6 Å². The molecule has 1 aliphatic heterocycles. The Morgan fingerprint density at radius 1 is 0.978 bits per heavy atom. The molecule has 5 aromatic rings. The molecule has 3 aromatic carbocycles. The van der Waals surface area contributed by atoms with Crippen LogP contribution in [-0.2, 0) is 11.8 Å². The van der Waals surface area contributed by atoms with Crippen molar-refractivity contribution in [2.75, 3.05) is 24.1 Å². The minimum Gasteiger partial charge on any atom is -0.382 e. The van der Waals surface area contributed by atoms with Gasteiger partial charge in [0.15, 0.2) is 5.82 Å². The maximum atomic E-state index is 13.4. The molecule has 0 bridgehead atoms. The van der Waals surface area contributed by atoms with Crippen molar-refractivity contribution in [2.24, 2.45) is 13.0 Å². The smallest absolute Gasteiger partial charge is 0.261 e. The number of aryl methyl sites for hydroxylation is 1. The molecule has 9 nitrogen and oxygen atoms in total. The Kier molecular flexibility index (Phi) is 7.97. The molecule has 0 spiro atoms. The summed E-state index contributed by atoms with van der Waals surface area (Å²) in [6, 6.07) is 17.2. The van der Waals surface area contributed by atoms with Gasteiger partial charge in [-0.25, -0.2) is 4.39 Å². The first-order valence-electron chi connectivity index (χ1n) is 15.0. The number of pyridine rings is 1. The lowest BCUT2D eigenvalue weighted by atomic mass is 9.86. The molecule has 2 aromatic heterocycles. The summed E-state index contributed by atoms with van der Waals surface area (Å²) < 4.78 is 15.1. The standard InChI is InChI=1S/C35H35FN6O3/c1-20(2)35(45)42-14-12-21(13-15-42)24-16-27(31-30(17-24)39-40-33(31)37)22-6-10-26(11-7-22)38-34(44)29-19-41(3)18-28(32(29)43)23-4-8-25(36)9-5-23/h4-11,16-21H,12-15H2,1-3H3,(H,38,44)(H3,37,39,40). The van der Waals surface area contributed by atoms with Crippen molar-refractivity contribution in [1.29, 1.82) is 0 Å². The molecule has 0 saturated carbocycles. The number of piperidine rings is 1. The van der Waals surface area contributed by atoms with Crippen molar-refractivity contribution in [3.63, 3.8) is 0 Å². The molecule has 0 radical (unpaired) electrons. The fourth-order valence-electron chi connectivity index (χ4n) is 6.10. The van der Waals surface area contributed by atoms with Gasteiger partial charge in [-0.3, -0.25) is 19.5 Å². The SMILES string of the molecule is CC(C)C(=O)N1CCC(c2cc(-c3ccc(NC(=O)c4cn(C)cc(-c5ccc(F)cc5)c4=O)cc3)c3c(N)n[nH]c3c2)CC1. The second-order valence-electron chi connectivity index (χ2n) is 12.0. The monoisotopic (exact) mass is 606 g/mol. The lowest BCUT2D eigenvalue weighted by Gasteiger charge is -2.33. The Morgan fingerprint density at radius 3 is 2.29 bits per heavy atom. The number of benzene rings is 3. The number of nitrogens with one attached hydrogen (secondary N) is 2. The summed E-state index contributed by atoms with van der Waals surface area (Å²) in [7, 11) is 1.73. The van der Waals surface area contributed by atoms with Crippen LogP contribution in [0.4, 0.5) is 15.9 Å². The number of nitrogens with zero attached hydrogens (tertiary/aromatic N) is 3. The Hall–Kier alpha value is -5.25. The first-order valence-corrected chi connectivity index (χ1v) is 15.0. The van der Waals surface area contributed by atoms with Gasteiger partial charge in [0, 0.05) is 49.7 Å². The van der Waals surface area contributed by atoms with Gasteiger partial charge >= 0.3 is 0 Å². The van der Waals surface area contributed by atoms with Crippen molar-refractivity contribution in [1.82, 2.24) is 19.7 Å². The number of hydrogen-bond donors (Lipinski definition) is 3. The van der Waals surface area contributed by atoms with E-state index >= 15 is 0 Å². The highest BCUT2D eigenvalue weighted by Gasteiger charge is 2.26. The highest BCUT2D eigenvalue weighted by atomic mass is 19.1. The molecule has 10 heteroatoms. The average Bonchev–Trinajstić information content (AvgIpc) is 3.42. The van der Waals surface area contributed by atoms with Gasteiger partial charge in [-0.2, -0.15) is 5.10 Å². The van der Waals surface area contributed by atoms with Gasteiger partial charge < -0.3 is 20.5 Å². The molecule has 4 N–H and O–H groups in total. The Bertz CT molecular complexity index is 1950. The molecule has 3 heterocycles. The average molecular weight is 607 g/mol. The van der Waals surface area contributed by atoms with Gasteiger partial charge in [-0.1, -0.05) is 38.1 Å². The molecule has 1 fully saturated rings. The van der Waals surface area contributed by atoms with Gasteiger partial charge in [0.05, 0.1) is 10.9 Å². The minimum atomic E-state index is -0.543. The van der Waals surface area contributed by atoms with Crippen LogP contribution in [0.1, 0.15) is 48.5 Å². The number of carbonyl (C=O) groups is 2. The van der Waals surface area contributed by atoms with E-state index in [2.05, 4.69) is 27.6 Å². The maximum absolute atomic E-state index is 13.4. The summed E-state index contributed by atoms with van der Waals surface area (Å²) in [5, 5.41) is 11.0. The number of anilines is 2. The van der Waals surface area contributed by atoms with E-state index < -0.39 is 17.2 Å². The van der Waals surface area contributed by atoms with E-state index in [4.69, 9.17) is 5.73 Å². The topological polar surface area (TPSA) is 126 Å². The highest BCUT2D eigenvalue weighted by molar-refractivity contribution is 6.05. The van der Waals surface area contributed by atoms with Crippen LogP contribution in [0.2, 0.25) is 0 Å². The van der Waals surface area contributed by atoms with Gasteiger partial charge in [0.1, 0.15) is 11.4 Å². The lowest BCUT2D eigenvalue weighted by molar-refractivity contribution is -0.135. The predicted molar refractivity (Wildman–Crippen MR) is 174 cm³/mol. The molecule has 1 saturated heterocycles. The Labute approximate surface area is 259 Å². The van der Waals surface area contributed by atoms with Crippen LogP contribution in [0.3, 0.4) is 0 Å². The molecule has 45 heavy (non-hydrogen) atoms. The van der Waals surface area contributed by atoms with Gasteiger partial charge in [0.2, 0.25) is 11.3 Å². The van der Waals surface area contributed by atoms with E-state index in [1.807, 2.05) is 30.9 Å². The van der Waals surface area contributed by atoms with Crippen LogP contribution < -0.4 is 16.5 Å². The van der Waals surface area contributed by atoms with Crippen LogP contribution in [-0.4, -0.2) is 44.6 Å². The molecule has 6 rings (SSSR count). The van der Waals surface area contributed by atoms with Crippen LogP contribution in [0.25, 0.3) is 33.2 Å². The van der Waals surface area contributed by atoms with Crippen LogP contribution in [0, 0.1) is 11.7 Å². The zero-order valence-electron chi connectivity index (χ0n) is 25.4. The molecule has 0 aliphatic carbocycles. The molecule has 2 amide bonds. The first kappa shape index (κ1) is 29.8. The van der Waals surface area contributed by atoms with E-state index in [1.54, 1.807) is 29.9 Å². The Morgan fingerprint density at radius 2 is 1.62 bits per heavy atom. The summed E-state index contributed by atoms with van der Waals surface area (Å²) in [6.07, 6.45) is 4.85. The molecule has 1 aliphatic rings. The van der Waals surface area contributed by atoms with Crippen molar-refractivity contribution in [3.8, 4) is 22.3 Å². The number of aromatic amines is 1. The van der Waals surface area contributed by atoms with E-state index in [1.165, 1.54) is 30.5 Å². The maximum Gasteiger partial charge on any atom is 0.261 e. The number of H-pyrrole nitrogens is 1. The van der Waals surface area contributed by atoms with Crippen molar-refractivity contribution >= 4 is 34.2 Å². The number of hydrogen-bond acceptors (Lipinski definition) is 5. The van der Waals surface area contributed by atoms with Crippen LogP contribution >= 0.6 is 0 Å². The van der Waals surface area contributed by atoms with E-state index in [0.717, 1.165) is 53.5 Å². The lowest BCUT2D eigenvalue weighted by Crippen LogP contribution is -2.40. The third kappa shape index (κ3) is 5.95. The molecular formula is C35H35FN6O3. The van der Waals surface area contributed by atoms with Crippen LogP contribution in [0.5, 0.6) is 0 Å². The predicted octanol–water partition coefficient (Wildman–Crippen LogP) is 5.93. The second-order valence-corrected chi connectivity index (χ2v) is 12.0. The van der Waals surface area contributed by atoms with Crippen LogP contribution in [0.15, 0.2) is 77.9 Å². The van der Waals surface area contributed by atoms with E-state index in [-0.39, 0.29) is 17.4 Å². The highest BCUT2D eigenvalue weighted by Crippen LogP contribution is 2.38. The van der Waals surface area contributed by atoms with E-state index in [9.17, 15) is 18.8 Å². The summed E-state index contributed by atoms with van der Waals surface area (Å²) in [5.74, 6) is -0.0749. The third-order valence-electron chi connectivity index (χ3n) is 8.49. The van der Waals surface area contributed by atoms with Gasteiger partial charge in [-0.15, -0.1) is 0 Å². The number of amides is 2. The number of rotatable bonds is 6. The quantitative estimate of drug-likeness (QED) is 0.221.